The molecule has 1 aliphatic rings. The highest BCUT2D eigenvalue weighted by atomic mass is 35.5. The smallest absolute Gasteiger partial charge is 0.269 e. The minimum absolute atomic E-state index is 0.0248. The first kappa shape index (κ1) is 27.3. The summed E-state index contributed by atoms with van der Waals surface area (Å²) in [6.45, 7) is 0.0208. The van der Waals surface area contributed by atoms with Crippen molar-refractivity contribution in [1.29, 1.82) is 0 Å². The lowest BCUT2D eigenvalue weighted by Crippen LogP contribution is -2.49. The molecule has 1 unspecified atom stereocenters. The lowest BCUT2D eigenvalue weighted by Gasteiger charge is -2.31. The van der Waals surface area contributed by atoms with Crippen molar-refractivity contribution in [2.24, 2.45) is 0 Å². The van der Waals surface area contributed by atoms with E-state index in [4.69, 9.17) is 11.6 Å². The number of carbonyl (C=O) groups excluding carboxylic acids is 3. The van der Waals surface area contributed by atoms with Gasteiger partial charge in [-0.1, -0.05) is 66.2 Å². The minimum Gasteiger partial charge on any atom is -0.357 e. The molecule has 3 aromatic rings. The van der Waals surface area contributed by atoms with Gasteiger partial charge in [-0.25, -0.2) is 12.7 Å². The lowest BCUT2D eigenvalue weighted by atomic mass is 10.0. The van der Waals surface area contributed by atoms with Gasteiger partial charge in [0.2, 0.25) is 11.8 Å². The van der Waals surface area contributed by atoms with E-state index in [0.717, 1.165) is 15.4 Å². The molecule has 0 saturated heterocycles. The number of halogens is 1. The van der Waals surface area contributed by atoms with Crippen LogP contribution in [0.5, 0.6) is 0 Å². The summed E-state index contributed by atoms with van der Waals surface area (Å²) in [4.78, 5) is 40.8. The predicted molar refractivity (Wildman–Crippen MR) is 144 cm³/mol. The van der Waals surface area contributed by atoms with E-state index in [1.807, 2.05) is 30.3 Å². The third kappa shape index (κ3) is 5.89. The third-order valence-electron chi connectivity index (χ3n) is 6.45. The highest BCUT2D eigenvalue weighted by Crippen LogP contribution is 2.30. The molecule has 1 heterocycles. The quantitative estimate of drug-likeness (QED) is 0.413. The largest absolute Gasteiger partial charge is 0.357 e. The Morgan fingerprint density at radius 2 is 1.61 bits per heavy atom. The van der Waals surface area contributed by atoms with Crippen LogP contribution in [-0.4, -0.2) is 55.0 Å². The van der Waals surface area contributed by atoms with Crippen LogP contribution in [0.1, 0.15) is 34.3 Å². The number of carbonyl (C=O) groups is 3. The number of nitrogens with zero attached hydrogens (tertiary/aromatic N) is 2. The molecule has 10 heteroatoms. The van der Waals surface area contributed by atoms with Gasteiger partial charge in [0.1, 0.15) is 10.9 Å². The molecular weight excluding hydrogens is 526 g/mol. The summed E-state index contributed by atoms with van der Waals surface area (Å²) in [6.07, 6.45) is 0.361. The Morgan fingerprint density at radius 1 is 0.947 bits per heavy atom. The summed E-state index contributed by atoms with van der Waals surface area (Å²) in [5, 5.41) is 3.21. The van der Waals surface area contributed by atoms with Crippen LogP contribution in [0.2, 0.25) is 5.02 Å². The lowest BCUT2D eigenvalue weighted by molar-refractivity contribution is -0.141. The first-order chi connectivity index (χ1) is 18.2. The van der Waals surface area contributed by atoms with Gasteiger partial charge < -0.3 is 10.2 Å². The van der Waals surface area contributed by atoms with Crippen molar-refractivity contribution in [3.8, 4) is 0 Å². The number of rotatable bonds is 10. The maximum atomic E-state index is 13.6. The standard InChI is InChI=1S/C28H28ClN3O5S/c1-30-27(34)24(18-20-8-3-2-4-9-20)31(19-21-13-15-22(29)16-14-21)26(33)12-7-17-32-28(35)23-10-5-6-11-25(23)38(32,36)37/h2-6,8-11,13-16,24H,7,12,17-19H2,1H3,(H,30,34). The number of hydrogen-bond donors (Lipinski definition) is 1. The van der Waals surface area contributed by atoms with E-state index in [9.17, 15) is 22.8 Å². The Labute approximate surface area is 227 Å². The molecule has 4 rings (SSSR count). The molecule has 1 N–H and O–H groups in total. The molecule has 0 bridgehead atoms. The van der Waals surface area contributed by atoms with Crippen molar-refractivity contribution in [3.63, 3.8) is 0 Å². The first-order valence-corrected chi connectivity index (χ1v) is 14.0. The fourth-order valence-electron chi connectivity index (χ4n) is 4.48. The molecule has 0 radical (unpaired) electrons. The van der Waals surface area contributed by atoms with E-state index in [2.05, 4.69) is 5.32 Å². The molecule has 0 spiro atoms. The number of benzene rings is 3. The predicted octanol–water partition coefficient (Wildman–Crippen LogP) is 3.65. The van der Waals surface area contributed by atoms with Crippen LogP contribution in [0.15, 0.2) is 83.8 Å². The van der Waals surface area contributed by atoms with Crippen molar-refractivity contribution in [3.05, 3.63) is 101 Å². The summed E-state index contributed by atoms with van der Waals surface area (Å²) in [7, 11) is -2.44. The molecule has 3 aromatic carbocycles. The van der Waals surface area contributed by atoms with Crippen LogP contribution in [0.3, 0.4) is 0 Å². The van der Waals surface area contributed by atoms with E-state index in [0.29, 0.717) is 11.4 Å². The zero-order valence-corrected chi connectivity index (χ0v) is 22.4. The van der Waals surface area contributed by atoms with Gasteiger partial charge >= 0.3 is 0 Å². The second-order valence-corrected chi connectivity index (χ2v) is 11.2. The van der Waals surface area contributed by atoms with Crippen LogP contribution in [0, 0.1) is 0 Å². The monoisotopic (exact) mass is 553 g/mol. The van der Waals surface area contributed by atoms with Crippen LogP contribution in [0.25, 0.3) is 0 Å². The molecule has 0 saturated carbocycles. The Balaban J connectivity index is 1.53. The SMILES string of the molecule is CNC(=O)C(Cc1ccccc1)N(Cc1ccc(Cl)cc1)C(=O)CCCN1C(=O)c2ccccc2S1(=O)=O. The third-order valence-corrected chi connectivity index (χ3v) is 8.54. The molecule has 8 nitrogen and oxygen atoms in total. The fraction of sp³-hybridized carbons (Fsp3) is 0.250. The second kappa shape index (κ2) is 11.8. The molecule has 1 aliphatic heterocycles. The first-order valence-electron chi connectivity index (χ1n) is 12.2. The Kier molecular flexibility index (Phi) is 8.48. The van der Waals surface area contributed by atoms with E-state index < -0.39 is 22.0 Å². The van der Waals surface area contributed by atoms with Gasteiger partial charge in [0.05, 0.1) is 5.56 Å². The fourth-order valence-corrected chi connectivity index (χ4v) is 6.21. The molecule has 3 amide bonds. The van der Waals surface area contributed by atoms with Gasteiger partial charge in [-0.05, 0) is 41.8 Å². The summed E-state index contributed by atoms with van der Waals surface area (Å²) < 4.78 is 26.5. The van der Waals surface area contributed by atoms with Crippen molar-refractivity contribution < 1.29 is 22.8 Å². The summed E-state index contributed by atoms with van der Waals surface area (Å²) in [6, 6.07) is 21.7. The zero-order valence-electron chi connectivity index (χ0n) is 20.8. The number of sulfonamides is 1. The molecule has 198 valence electrons. The number of nitrogens with one attached hydrogen (secondary N) is 1. The van der Waals surface area contributed by atoms with E-state index >= 15 is 0 Å². The number of fused-ring (bicyclic) bond motifs is 1. The van der Waals surface area contributed by atoms with Crippen LogP contribution < -0.4 is 5.32 Å². The molecule has 0 fully saturated rings. The van der Waals surface area contributed by atoms with E-state index in [1.165, 1.54) is 24.1 Å². The molecule has 1 atom stereocenters. The number of hydrogen-bond acceptors (Lipinski definition) is 5. The maximum Gasteiger partial charge on any atom is 0.269 e. The average Bonchev–Trinajstić information content (AvgIpc) is 3.12. The number of amides is 3. The second-order valence-electron chi connectivity index (χ2n) is 8.95. The van der Waals surface area contributed by atoms with Crippen molar-refractivity contribution in [2.45, 2.75) is 36.7 Å². The molecule has 0 aromatic heterocycles. The highest BCUT2D eigenvalue weighted by Gasteiger charge is 2.40. The normalized spacial score (nSPS) is 14.6. The number of likely N-dealkylation sites (N-methyl/N-ethyl adjacent to an activating group) is 1. The Morgan fingerprint density at radius 3 is 2.26 bits per heavy atom. The molecular formula is C28H28ClN3O5S. The average molecular weight is 554 g/mol. The van der Waals surface area contributed by atoms with Gasteiger partial charge in [0.25, 0.3) is 15.9 Å². The molecule has 0 aliphatic carbocycles. The topological polar surface area (TPSA) is 104 Å². The van der Waals surface area contributed by atoms with Crippen LogP contribution in [-0.2, 0) is 32.6 Å². The van der Waals surface area contributed by atoms with Gasteiger partial charge in [-0.2, -0.15) is 0 Å². The van der Waals surface area contributed by atoms with Gasteiger partial charge in [-0.3, -0.25) is 14.4 Å². The summed E-state index contributed by atoms with van der Waals surface area (Å²) >= 11 is 6.03. The highest BCUT2D eigenvalue weighted by molar-refractivity contribution is 7.90. The van der Waals surface area contributed by atoms with Crippen molar-refractivity contribution in [1.82, 2.24) is 14.5 Å². The van der Waals surface area contributed by atoms with Crippen molar-refractivity contribution >= 4 is 39.3 Å². The summed E-state index contributed by atoms with van der Waals surface area (Å²) in [5.41, 5.74) is 1.81. The van der Waals surface area contributed by atoms with Gasteiger partial charge in [0, 0.05) is 38.0 Å². The summed E-state index contributed by atoms with van der Waals surface area (Å²) in [5.74, 6) is -1.24. The minimum atomic E-state index is -3.96. The van der Waals surface area contributed by atoms with E-state index in [-0.39, 0.29) is 48.2 Å². The Bertz CT molecular complexity index is 1430. The van der Waals surface area contributed by atoms with Crippen molar-refractivity contribution in [2.75, 3.05) is 13.6 Å². The van der Waals surface area contributed by atoms with Gasteiger partial charge in [-0.15, -0.1) is 0 Å². The van der Waals surface area contributed by atoms with Crippen LogP contribution in [0.4, 0.5) is 0 Å². The molecule has 38 heavy (non-hydrogen) atoms. The van der Waals surface area contributed by atoms with Crippen LogP contribution >= 0.6 is 11.6 Å². The van der Waals surface area contributed by atoms with Gasteiger partial charge in [0.15, 0.2) is 0 Å². The van der Waals surface area contributed by atoms with E-state index in [1.54, 1.807) is 36.4 Å². The Hall–Kier alpha value is -3.69. The maximum absolute atomic E-state index is 13.6. The zero-order chi connectivity index (χ0) is 27.3.